The molecule has 1 aliphatic heterocycles. The Hall–Kier alpha value is -0.800. The summed E-state index contributed by atoms with van der Waals surface area (Å²) in [5.74, 6) is 2.01. The molecule has 3 N–H and O–H groups in total. The highest BCUT2D eigenvalue weighted by Gasteiger charge is 2.26. The molecule has 1 saturated heterocycles. The van der Waals surface area contributed by atoms with Crippen LogP contribution in [0.25, 0.3) is 0 Å². The van der Waals surface area contributed by atoms with Crippen molar-refractivity contribution in [3.05, 3.63) is 24.2 Å². The number of likely N-dealkylation sites (tertiary alicyclic amines) is 1. The minimum atomic E-state index is -1.10. The molecule has 2 rings (SSSR count). The van der Waals surface area contributed by atoms with Gasteiger partial charge >= 0.3 is 0 Å². The summed E-state index contributed by atoms with van der Waals surface area (Å²) < 4.78 is 5.32. The quantitative estimate of drug-likeness (QED) is 0.320. The van der Waals surface area contributed by atoms with Gasteiger partial charge in [0.1, 0.15) is 11.4 Å². The lowest BCUT2D eigenvalue weighted by Crippen LogP contribution is -2.49. The Morgan fingerprint density at radius 1 is 1.42 bits per heavy atom. The smallest absolute Gasteiger partial charge is 0.191 e. The fraction of sp³-hybridized carbons (Fsp3) is 0.737. The van der Waals surface area contributed by atoms with Gasteiger partial charge in [-0.3, -0.25) is 0 Å². The van der Waals surface area contributed by atoms with Gasteiger partial charge in [0.2, 0.25) is 0 Å². The highest BCUT2D eigenvalue weighted by atomic mass is 127. The number of guanidine groups is 1. The van der Waals surface area contributed by atoms with Crippen molar-refractivity contribution in [1.29, 1.82) is 0 Å². The van der Waals surface area contributed by atoms with E-state index in [4.69, 9.17) is 4.42 Å². The fourth-order valence-electron chi connectivity index (χ4n) is 3.19. The van der Waals surface area contributed by atoms with Crippen LogP contribution in [0.3, 0.4) is 0 Å². The number of aliphatic hydroxyl groups is 1. The van der Waals surface area contributed by atoms with E-state index in [2.05, 4.69) is 34.4 Å². The van der Waals surface area contributed by atoms with Gasteiger partial charge in [0.05, 0.1) is 12.8 Å². The molecular weight excluding hydrogens is 443 g/mol. The Balaban J connectivity index is 0.00000338. The predicted octanol–water partition coefficient (Wildman–Crippen LogP) is 2.78. The number of hydrogen-bond acceptors (Lipinski definition) is 4. The van der Waals surface area contributed by atoms with E-state index in [1.54, 1.807) is 25.3 Å². The van der Waals surface area contributed by atoms with Crippen molar-refractivity contribution >= 4 is 29.9 Å². The number of hydrogen-bond donors (Lipinski definition) is 3. The third kappa shape index (κ3) is 7.44. The Morgan fingerprint density at radius 3 is 2.65 bits per heavy atom. The third-order valence-electron chi connectivity index (χ3n) is 4.49. The summed E-state index contributed by atoms with van der Waals surface area (Å²) in [6.07, 6.45) is 3.80. The lowest BCUT2D eigenvalue weighted by molar-refractivity contribution is 0.0436. The predicted molar refractivity (Wildman–Crippen MR) is 117 cm³/mol. The number of rotatable bonds is 7. The molecule has 1 fully saturated rings. The van der Waals surface area contributed by atoms with E-state index >= 15 is 0 Å². The van der Waals surface area contributed by atoms with Gasteiger partial charge in [-0.2, -0.15) is 0 Å². The Labute approximate surface area is 174 Å². The summed E-state index contributed by atoms with van der Waals surface area (Å²) in [6.45, 7) is 12.8. The standard InChI is InChI=1S/C19H34N4O2.HI/c1-5-20-18(21-14-19(4,24)17-7-6-12-25-17)22-16-8-10-23(11-9-16)13-15(2)3;/h6-7,12,15-16,24H,5,8-11,13-14H2,1-4H3,(H2,20,21,22);1H. The molecule has 1 aromatic rings. The van der Waals surface area contributed by atoms with Gasteiger partial charge < -0.3 is 25.1 Å². The van der Waals surface area contributed by atoms with Crippen LogP contribution in [-0.2, 0) is 5.60 Å². The van der Waals surface area contributed by atoms with E-state index in [9.17, 15) is 5.11 Å². The first-order chi connectivity index (χ1) is 11.9. The van der Waals surface area contributed by atoms with Crippen LogP contribution in [0, 0.1) is 5.92 Å². The van der Waals surface area contributed by atoms with Crippen molar-refractivity contribution in [3.63, 3.8) is 0 Å². The molecule has 6 nitrogen and oxygen atoms in total. The molecule has 26 heavy (non-hydrogen) atoms. The Kier molecular flexibility index (Phi) is 9.95. The van der Waals surface area contributed by atoms with Gasteiger partial charge in [-0.25, -0.2) is 4.99 Å². The molecule has 0 saturated carbocycles. The van der Waals surface area contributed by atoms with Crippen LogP contribution >= 0.6 is 24.0 Å². The van der Waals surface area contributed by atoms with E-state index < -0.39 is 5.60 Å². The first-order valence-corrected chi connectivity index (χ1v) is 9.44. The molecule has 0 amide bonds. The zero-order chi connectivity index (χ0) is 18.3. The molecule has 1 atom stereocenters. The topological polar surface area (TPSA) is 73.0 Å². The molecule has 2 heterocycles. The number of nitrogens with zero attached hydrogens (tertiary/aromatic N) is 2. The molecule has 0 aromatic carbocycles. The first kappa shape index (κ1) is 23.2. The van der Waals surface area contributed by atoms with E-state index in [1.165, 1.54) is 6.54 Å². The molecule has 0 aliphatic carbocycles. The second kappa shape index (κ2) is 11.1. The monoisotopic (exact) mass is 478 g/mol. The molecule has 150 valence electrons. The van der Waals surface area contributed by atoms with Gasteiger partial charge in [-0.05, 0) is 44.7 Å². The first-order valence-electron chi connectivity index (χ1n) is 9.44. The van der Waals surface area contributed by atoms with Crippen molar-refractivity contribution in [2.75, 3.05) is 32.7 Å². The molecular formula is C19H35IN4O2. The van der Waals surface area contributed by atoms with Crippen LogP contribution in [0.4, 0.5) is 0 Å². The lowest BCUT2D eigenvalue weighted by Gasteiger charge is -2.34. The number of furan rings is 1. The van der Waals surface area contributed by atoms with Gasteiger partial charge in [-0.1, -0.05) is 13.8 Å². The summed E-state index contributed by atoms with van der Waals surface area (Å²) in [4.78, 5) is 7.11. The normalized spacial score (nSPS) is 19.1. The van der Waals surface area contributed by atoms with Crippen molar-refractivity contribution in [2.45, 2.75) is 52.2 Å². The van der Waals surface area contributed by atoms with Crippen LogP contribution in [-0.4, -0.2) is 54.7 Å². The average Bonchev–Trinajstić information content (AvgIpc) is 3.10. The van der Waals surface area contributed by atoms with Crippen molar-refractivity contribution in [3.8, 4) is 0 Å². The second-order valence-electron chi connectivity index (χ2n) is 7.56. The maximum absolute atomic E-state index is 10.6. The van der Waals surface area contributed by atoms with Crippen LogP contribution in [0.15, 0.2) is 27.8 Å². The van der Waals surface area contributed by atoms with Crippen molar-refractivity contribution < 1.29 is 9.52 Å². The summed E-state index contributed by atoms with van der Waals surface area (Å²) in [7, 11) is 0. The van der Waals surface area contributed by atoms with E-state index in [0.29, 0.717) is 17.7 Å². The van der Waals surface area contributed by atoms with Gasteiger partial charge in [0, 0.05) is 32.2 Å². The summed E-state index contributed by atoms with van der Waals surface area (Å²) >= 11 is 0. The van der Waals surface area contributed by atoms with Crippen LogP contribution in [0.1, 0.15) is 46.3 Å². The second-order valence-corrected chi connectivity index (χ2v) is 7.56. The SMILES string of the molecule is CCNC(=NCC(C)(O)c1ccco1)NC1CCN(CC(C)C)CC1.I. The molecule has 1 aliphatic rings. The number of nitrogens with one attached hydrogen (secondary N) is 2. The van der Waals surface area contributed by atoms with Crippen molar-refractivity contribution in [1.82, 2.24) is 15.5 Å². The van der Waals surface area contributed by atoms with Gasteiger partial charge in [0.15, 0.2) is 5.96 Å². The number of aliphatic imine (C=N–C) groups is 1. The highest BCUT2D eigenvalue weighted by Crippen LogP contribution is 2.21. The molecule has 7 heteroatoms. The summed E-state index contributed by atoms with van der Waals surface area (Å²) in [5, 5.41) is 17.3. The van der Waals surface area contributed by atoms with Crippen LogP contribution < -0.4 is 10.6 Å². The molecule has 1 aromatic heterocycles. The summed E-state index contributed by atoms with van der Waals surface area (Å²) in [5.41, 5.74) is -1.10. The van der Waals surface area contributed by atoms with Crippen LogP contribution in [0.5, 0.6) is 0 Å². The maximum Gasteiger partial charge on any atom is 0.191 e. The minimum absolute atomic E-state index is 0. The molecule has 0 bridgehead atoms. The Morgan fingerprint density at radius 2 is 2.12 bits per heavy atom. The highest BCUT2D eigenvalue weighted by molar-refractivity contribution is 14.0. The Bertz CT molecular complexity index is 524. The molecule has 0 radical (unpaired) electrons. The lowest BCUT2D eigenvalue weighted by atomic mass is 10.0. The third-order valence-corrected chi connectivity index (χ3v) is 4.49. The van der Waals surface area contributed by atoms with Crippen LogP contribution in [0.2, 0.25) is 0 Å². The molecule has 0 spiro atoms. The molecule has 1 unspecified atom stereocenters. The number of halogens is 1. The zero-order valence-corrected chi connectivity index (χ0v) is 18.8. The minimum Gasteiger partial charge on any atom is -0.466 e. The van der Waals surface area contributed by atoms with E-state index in [1.807, 2.05) is 6.92 Å². The van der Waals surface area contributed by atoms with E-state index in [0.717, 1.165) is 38.4 Å². The average molecular weight is 478 g/mol. The van der Waals surface area contributed by atoms with Gasteiger partial charge in [0.25, 0.3) is 0 Å². The summed E-state index contributed by atoms with van der Waals surface area (Å²) in [6, 6.07) is 3.98. The number of piperidine rings is 1. The van der Waals surface area contributed by atoms with Gasteiger partial charge in [-0.15, -0.1) is 24.0 Å². The zero-order valence-electron chi connectivity index (χ0n) is 16.5. The largest absolute Gasteiger partial charge is 0.466 e. The van der Waals surface area contributed by atoms with E-state index in [-0.39, 0.29) is 30.5 Å². The maximum atomic E-state index is 10.6. The van der Waals surface area contributed by atoms with Crippen molar-refractivity contribution in [2.24, 2.45) is 10.9 Å². The fourth-order valence-corrected chi connectivity index (χ4v) is 3.19.